The number of carbonyl (C=O) groups is 2. The van der Waals surface area contributed by atoms with Crippen molar-refractivity contribution < 1.29 is 19.4 Å². The SMILES string of the molecule is CCCCCCCCCCCCCCCCCC(=O)N[C@@H](CC)OC(=O)[C@@H](C)O. The van der Waals surface area contributed by atoms with Gasteiger partial charge in [-0.3, -0.25) is 4.79 Å². The van der Waals surface area contributed by atoms with Crippen LogP contribution in [-0.4, -0.2) is 29.3 Å². The predicted molar refractivity (Wildman–Crippen MR) is 120 cm³/mol. The van der Waals surface area contributed by atoms with Gasteiger partial charge in [0, 0.05) is 12.8 Å². The summed E-state index contributed by atoms with van der Waals surface area (Å²) in [5.74, 6) is -0.797. The molecule has 0 saturated heterocycles. The van der Waals surface area contributed by atoms with Gasteiger partial charge in [0.15, 0.2) is 6.23 Å². The Balaban J connectivity index is 3.43. The predicted octanol–water partition coefficient (Wildman–Crippen LogP) is 6.02. The van der Waals surface area contributed by atoms with Crippen LogP contribution in [0.4, 0.5) is 0 Å². The zero-order valence-electron chi connectivity index (χ0n) is 19.3. The Hall–Kier alpha value is -1.10. The van der Waals surface area contributed by atoms with Crippen LogP contribution in [0.3, 0.4) is 0 Å². The van der Waals surface area contributed by atoms with Crippen molar-refractivity contribution in [1.29, 1.82) is 0 Å². The monoisotopic (exact) mass is 413 g/mol. The van der Waals surface area contributed by atoms with E-state index in [9.17, 15) is 9.59 Å². The van der Waals surface area contributed by atoms with Crippen LogP contribution in [0.1, 0.15) is 130 Å². The second-order valence-electron chi connectivity index (χ2n) is 8.28. The molecular weight excluding hydrogens is 366 g/mol. The number of aliphatic hydroxyl groups excluding tert-OH is 1. The summed E-state index contributed by atoms with van der Waals surface area (Å²) in [4.78, 5) is 23.3. The Morgan fingerprint density at radius 2 is 1.17 bits per heavy atom. The number of esters is 1. The van der Waals surface area contributed by atoms with Gasteiger partial charge in [0.1, 0.15) is 6.10 Å². The molecule has 0 bridgehead atoms. The van der Waals surface area contributed by atoms with Crippen LogP contribution in [0, 0.1) is 0 Å². The molecule has 0 spiro atoms. The average Bonchev–Trinajstić information content (AvgIpc) is 2.70. The summed E-state index contributed by atoms with van der Waals surface area (Å²) in [6, 6.07) is 0. The Morgan fingerprint density at radius 3 is 1.55 bits per heavy atom. The fraction of sp³-hybridized carbons (Fsp3) is 0.917. The smallest absolute Gasteiger partial charge is 0.336 e. The number of hydrogen-bond acceptors (Lipinski definition) is 4. The zero-order valence-corrected chi connectivity index (χ0v) is 19.3. The highest BCUT2D eigenvalue weighted by Crippen LogP contribution is 2.13. The minimum Gasteiger partial charge on any atom is -0.440 e. The van der Waals surface area contributed by atoms with E-state index in [1.807, 2.05) is 6.92 Å². The van der Waals surface area contributed by atoms with Gasteiger partial charge >= 0.3 is 5.97 Å². The standard InChI is InChI=1S/C24H47NO4/c1-4-6-7-8-9-10-11-12-13-14-15-16-17-18-19-20-22(27)25-23(5-2)29-24(28)21(3)26/h21,23,26H,4-20H2,1-3H3,(H,25,27)/t21-,23-/m1/s1. The van der Waals surface area contributed by atoms with Crippen LogP contribution < -0.4 is 5.32 Å². The van der Waals surface area contributed by atoms with Crippen molar-refractivity contribution in [3.63, 3.8) is 0 Å². The van der Waals surface area contributed by atoms with Gasteiger partial charge in [-0.25, -0.2) is 4.79 Å². The molecule has 0 aromatic carbocycles. The third kappa shape index (κ3) is 18.7. The summed E-state index contributed by atoms with van der Waals surface area (Å²) in [7, 11) is 0. The third-order valence-corrected chi connectivity index (χ3v) is 5.30. The van der Waals surface area contributed by atoms with Gasteiger partial charge in [0.25, 0.3) is 0 Å². The number of rotatable bonds is 20. The molecule has 0 aliphatic heterocycles. The van der Waals surface area contributed by atoms with Crippen molar-refractivity contribution in [3.8, 4) is 0 Å². The van der Waals surface area contributed by atoms with E-state index in [4.69, 9.17) is 9.84 Å². The number of nitrogens with one attached hydrogen (secondary N) is 1. The first kappa shape index (κ1) is 27.9. The highest BCUT2D eigenvalue weighted by Gasteiger charge is 2.18. The molecule has 5 heteroatoms. The lowest BCUT2D eigenvalue weighted by atomic mass is 10.0. The molecule has 5 nitrogen and oxygen atoms in total. The van der Waals surface area contributed by atoms with E-state index in [-0.39, 0.29) is 5.91 Å². The second-order valence-corrected chi connectivity index (χ2v) is 8.28. The van der Waals surface area contributed by atoms with Crippen molar-refractivity contribution in [2.75, 3.05) is 0 Å². The van der Waals surface area contributed by atoms with E-state index in [0.29, 0.717) is 12.8 Å². The van der Waals surface area contributed by atoms with Crippen molar-refractivity contribution in [1.82, 2.24) is 5.32 Å². The molecule has 29 heavy (non-hydrogen) atoms. The summed E-state index contributed by atoms with van der Waals surface area (Å²) in [5.41, 5.74) is 0. The molecule has 172 valence electrons. The van der Waals surface area contributed by atoms with Crippen molar-refractivity contribution in [2.24, 2.45) is 0 Å². The molecule has 0 aromatic rings. The Labute approximate surface area is 179 Å². The highest BCUT2D eigenvalue weighted by molar-refractivity contribution is 5.77. The molecule has 0 rings (SSSR count). The Morgan fingerprint density at radius 1 is 0.759 bits per heavy atom. The van der Waals surface area contributed by atoms with Crippen molar-refractivity contribution in [2.45, 2.75) is 142 Å². The van der Waals surface area contributed by atoms with E-state index < -0.39 is 18.3 Å². The fourth-order valence-corrected chi connectivity index (χ4v) is 3.36. The summed E-state index contributed by atoms with van der Waals surface area (Å²) >= 11 is 0. The quantitative estimate of drug-likeness (QED) is 0.145. The minimum atomic E-state index is -1.17. The van der Waals surface area contributed by atoms with Gasteiger partial charge in [-0.05, 0) is 13.3 Å². The topological polar surface area (TPSA) is 75.6 Å². The van der Waals surface area contributed by atoms with Crippen molar-refractivity contribution in [3.05, 3.63) is 0 Å². The van der Waals surface area contributed by atoms with E-state index in [2.05, 4.69) is 12.2 Å². The highest BCUT2D eigenvalue weighted by atomic mass is 16.6. The number of carbonyl (C=O) groups excluding carboxylic acids is 2. The average molecular weight is 414 g/mol. The van der Waals surface area contributed by atoms with Crippen LogP contribution in [0.25, 0.3) is 0 Å². The molecule has 0 saturated carbocycles. The maximum absolute atomic E-state index is 11.9. The minimum absolute atomic E-state index is 0.0927. The zero-order chi connectivity index (χ0) is 21.7. The van der Waals surface area contributed by atoms with Gasteiger partial charge in [0.05, 0.1) is 0 Å². The fourth-order valence-electron chi connectivity index (χ4n) is 3.36. The number of hydrogen-bond donors (Lipinski definition) is 2. The van der Waals surface area contributed by atoms with E-state index in [1.165, 1.54) is 90.4 Å². The van der Waals surface area contributed by atoms with Crippen LogP contribution in [0.15, 0.2) is 0 Å². The Kier molecular flexibility index (Phi) is 19.4. The normalized spacial score (nSPS) is 13.1. The van der Waals surface area contributed by atoms with Gasteiger partial charge in [-0.15, -0.1) is 0 Å². The lowest BCUT2D eigenvalue weighted by Gasteiger charge is -2.18. The molecule has 2 atom stereocenters. The van der Waals surface area contributed by atoms with Gasteiger partial charge in [-0.2, -0.15) is 0 Å². The van der Waals surface area contributed by atoms with Gasteiger partial charge in [-0.1, -0.05) is 104 Å². The number of ether oxygens (including phenoxy) is 1. The third-order valence-electron chi connectivity index (χ3n) is 5.30. The largest absolute Gasteiger partial charge is 0.440 e. The molecule has 2 N–H and O–H groups in total. The van der Waals surface area contributed by atoms with E-state index in [0.717, 1.165) is 12.8 Å². The number of amides is 1. The Bertz CT molecular complexity index is 398. The molecular formula is C24H47NO4. The molecule has 0 unspecified atom stereocenters. The van der Waals surface area contributed by atoms with Gasteiger partial charge < -0.3 is 15.2 Å². The van der Waals surface area contributed by atoms with E-state index in [1.54, 1.807) is 0 Å². The first-order valence-corrected chi connectivity index (χ1v) is 12.2. The maximum atomic E-state index is 11.9. The molecule has 0 aromatic heterocycles. The molecule has 0 aliphatic rings. The maximum Gasteiger partial charge on any atom is 0.336 e. The number of unbranched alkanes of at least 4 members (excludes halogenated alkanes) is 14. The second kappa shape index (κ2) is 20.2. The van der Waals surface area contributed by atoms with Gasteiger partial charge in [0.2, 0.25) is 5.91 Å². The summed E-state index contributed by atoms with van der Waals surface area (Å²) in [5, 5.41) is 11.9. The molecule has 0 fully saturated rings. The van der Waals surface area contributed by atoms with E-state index >= 15 is 0 Å². The summed E-state index contributed by atoms with van der Waals surface area (Å²) in [6.07, 6.45) is 18.6. The van der Waals surface area contributed by atoms with Crippen LogP contribution in [0.5, 0.6) is 0 Å². The first-order valence-electron chi connectivity index (χ1n) is 12.2. The summed E-state index contributed by atoms with van der Waals surface area (Å²) in [6.45, 7) is 5.45. The molecule has 0 radical (unpaired) electrons. The van der Waals surface area contributed by atoms with Crippen LogP contribution in [-0.2, 0) is 14.3 Å². The number of aliphatic hydroxyl groups is 1. The van der Waals surface area contributed by atoms with Crippen LogP contribution >= 0.6 is 0 Å². The first-order chi connectivity index (χ1) is 14.0. The molecule has 1 amide bonds. The van der Waals surface area contributed by atoms with Crippen LogP contribution in [0.2, 0.25) is 0 Å². The lowest BCUT2D eigenvalue weighted by Crippen LogP contribution is -2.39. The van der Waals surface area contributed by atoms with Crippen molar-refractivity contribution >= 4 is 11.9 Å². The molecule has 0 heterocycles. The molecule has 0 aliphatic carbocycles. The summed E-state index contributed by atoms with van der Waals surface area (Å²) < 4.78 is 5.04. The lowest BCUT2D eigenvalue weighted by molar-refractivity contribution is -0.161.